The van der Waals surface area contributed by atoms with Gasteiger partial charge in [-0.05, 0) is 54.3 Å². The van der Waals surface area contributed by atoms with E-state index in [-0.39, 0.29) is 17.4 Å². The molecule has 33 heavy (non-hydrogen) atoms. The van der Waals surface area contributed by atoms with Gasteiger partial charge in [0.15, 0.2) is 0 Å². The van der Waals surface area contributed by atoms with E-state index in [1.807, 2.05) is 30.3 Å². The van der Waals surface area contributed by atoms with Crippen molar-refractivity contribution in [3.8, 4) is 5.75 Å². The SMILES string of the molecule is COc1ccc(/C=C2\SC(=S)N(CCCCCC(=O)Nc3cccc(C(=O)[O-])c3)C2=O)cc1. The Balaban J connectivity index is 1.42. The summed E-state index contributed by atoms with van der Waals surface area (Å²) in [6.07, 6.45) is 4.23. The smallest absolute Gasteiger partial charge is 0.266 e. The number of methoxy groups -OCH3 is 1. The van der Waals surface area contributed by atoms with E-state index in [1.54, 1.807) is 24.1 Å². The Morgan fingerprint density at radius 2 is 1.91 bits per heavy atom. The Bertz CT molecular complexity index is 1080. The summed E-state index contributed by atoms with van der Waals surface area (Å²) in [6, 6.07) is 13.4. The molecule has 7 nitrogen and oxygen atoms in total. The average Bonchev–Trinajstić information content (AvgIpc) is 3.06. The highest BCUT2D eigenvalue weighted by Crippen LogP contribution is 2.33. The Kier molecular flexibility index (Phi) is 8.62. The number of carbonyl (C=O) groups excluding carboxylic acids is 3. The molecule has 9 heteroatoms. The second-order valence-corrected chi connectivity index (χ2v) is 9.01. The van der Waals surface area contributed by atoms with E-state index < -0.39 is 5.97 Å². The Hall–Kier alpha value is -3.17. The lowest BCUT2D eigenvalue weighted by Gasteiger charge is -2.14. The number of anilines is 1. The maximum atomic E-state index is 12.7. The zero-order chi connectivity index (χ0) is 23.8. The predicted octanol–water partition coefficient (Wildman–Crippen LogP) is 3.46. The first-order valence-electron chi connectivity index (χ1n) is 10.4. The monoisotopic (exact) mass is 483 g/mol. The van der Waals surface area contributed by atoms with Gasteiger partial charge in [-0.3, -0.25) is 14.5 Å². The number of hydrogen-bond donors (Lipinski definition) is 1. The zero-order valence-corrected chi connectivity index (χ0v) is 19.7. The summed E-state index contributed by atoms with van der Waals surface area (Å²) in [7, 11) is 1.60. The van der Waals surface area contributed by atoms with Gasteiger partial charge in [0.25, 0.3) is 5.91 Å². The van der Waals surface area contributed by atoms with Crippen molar-refractivity contribution in [3.63, 3.8) is 0 Å². The largest absolute Gasteiger partial charge is 0.545 e. The molecule has 0 aromatic heterocycles. The Morgan fingerprint density at radius 1 is 1.15 bits per heavy atom. The molecule has 1 fully saturated rings. The normalized spacial score (nSPS) is 14.6. The highest BCUT2D eigenvalue weighted by atomic mass is 32.2. The fourth-order valence-corrected chi connectivity index (χ4v) is 4.53. The van der Waals surface area contributed by atoms with Crippen LogP contribution in [0.1, 0.15) is 41.6 Å². The minimum Gasteiger partial charge on any atom is -0.545 e. The van der Waals surface area contributed by atoms with Gasteiger partial charge in [0.1, 0.15) is 10.1 Å². The van der Waals surface area contributed by atoms with Crippen LogP contribution < -0.4 is 15.2 Å². The van der Waals surface area contributed by atoms with Crippen LogP contribution in [0.5, 0.6) is 5.75 Å². The second kappa shape index (κ2) is 11.6. The van der Waals surface area contributed by atoms with Gasteiger partial charge in [-0.25, -0.2) is 0 Å². The number of unbranched alkanes of at least 4 members (excludes halogenated alkanes) is 2. The molecule has 1 heterocycles. The third kappa shape index (κ3) is 6.90. The van der Waals surface area contributed by atoms with E-state index in [9.17, 15) is 19.5 Å². The van der Waals surface area contributed by atoms with Gasteiger partial charge in [0.2, 0.25) is 5.91 Å². The van der Waals surface area contributed by atoms with Gasteiger partial charge in [-0.2, -0.15) is 0 Å². The molecule has 3 rings (SSSR count). The van der Waals surface area contributed by atoms with E-state index in [1.165, 1.54) is 23.9 Å². The summed E-state index contributed by atoms with van der Waals surface area (Å²) in [5, 5.41) is 13.6. The first kappa shape index (κ1) is 24.5. The van der Waals surface area contributed by atoms with Crippen molar-refractivity contribution in [1.29, 1.82) is 0 Å². The average molecular weight is 484 g/mol. The molecule has 1 aliphatic rings. The number of carboxylic acid groups (broad SMARTS) is 1. The Labute approximate surface area is 201 Å². The number of ether oxygens (including phenoxy) is 1. The third-order valence-corrected chi connectivity index (χ3v) is 6.33. The molecular formula is C24H23N2O5S2-. The van der Waals surface area contributed by atoms with Crippen LogP contribution >= 0.6 is 24.0 Å². The van der Waals surface area contributed by atoms with Crippen molar-refractivity contribution >= 4 is 57.8 Å². The van der Waals surface area contributed by atoms with Crippen molar-refractivity contribution < 1.29 is 24.2 Å². The maximum absolute atomic E-state index is 12.7. The van der Waals surface area contributed by atoms with Crippen molar-refractivity contribution in [1.82, 2.24) is 4.90 Å². The highest BCUT2D eigenvalue weighted by Gasteiger charge is 2.31. The molecule has 0 spiro atoms. The molecule has 2 amide bonds. The van der Waals surface area contributed by atoms with Crippen LogP contribution in [0, 0.1) is 0 Å². The van der Waals surface area contributed by atoms with Gasteiger partial charge in [-0.1, -0.05) is 54.7 Å². The lowest BCUT2D eigenvalue weighted by molar-refractivity contribution is -0.255. The van der Waals surface area contributed by atoms with Crippen LogP contribution in [0.2, 0.25) is 0 Å². The highest BCUT2D eigenvalue weighted by molar-refractivity contribution is 8.26. The molecule has 0 aliphatic carbocycles. The van der Waals surface area contributed by atoms with Crippen molar-refractivity contribution in [2.24, 2.45) is 0 Å². The van der Waals surface area contributed by atoms with Gasteiger partial charge in [0.05, 0.1) is 18.0 Å². The summed E-state index contributed by atoms with van der Waals surface area (Å²) >= 11 is 6.66. The van der Waals surface area contributed by atoms with Crippen molar-refractivity contribution in [2.75, 3.05) is 19.0 Å². The molecule has 0 bridgehead atoms. The standard InChI is InChI=1S/C24H24N2O5S2/c1-31-19-11-9-16(10-12-19)14-20-22(28)26(24(32)33-20)13-4-2-3-8-21(27)25-18-7-5-6-17(15-18)23(29)30/h5-7,9-12,14-15H,2-4,8,13H2,1H3,(H,25,27)(H,29,30)/p-1/b20-14-. The molecule has 1 N–H and O–H groups in total. The molecule has 0 saturated carbocycles. The number of carbonyl (C=O) groups is 3. The number of nitrogens with one attached hydrogen (secondary N) is 1. The third-order valence-electron chi connectivity index (χ3n) is 4.95. The van der Waals surface area contributed by atoms with Crippen molar-refractivity contribution in [3.05, 3.63) is 64.6 Å². The lowest BCUT2D eigenvalue weighted by atomic mass is 10.1. The summed E-state index contributed by atoms with van der Waals surface area (Å²) < 4.78 is 5.68. The molecule has 0 unspecified atom stereocenters. The van der Waals surface area contributed by atoms with Crippen LogP contribution in [0.3, 0.4) is 0 Å². The first-order valence-corrected chi connectivity index (χ1v) is 11.6. The number of thiocarbonyl (C=S) groups is 1. The number of hydrogen-bond acceptors (Lipinski definition) is 7. The van der Waals surface area contributed by atoms with E-state index in [0.717, 1.165) is 24.2 Å². The number of amides is 2. The summed E-state index contributed by atoms with van der Waals surface area (Å²) in [5.74, 6) is -0.843. The van der Waals surface area contributed by atoms with Gasteiger partial charge >= 0.3 is 0 Å². The molecule has 2 aromatic rings. The number of nitrogens with zero attached hydrogens (tertiary/aromatic N) is 1. The van der Waals surface area contributed by atoms with Gasteiger partial charge in [0, 0.05) is 18.7 Å². The summed E-state index contributed by atoms with van der Waals surface area (Å²) in [6.45, 7) is 0.500. The van der Waals surface area contributed by atoms with Gasteiger partial charge in [-0.15, -0.1) is 0 Å². The van der Waals surface area contributed by atoms with Crippen LogP contribution in [0.15, 0.2) is 53.4 Å². The van der Waals surface area contributed by atoms with E-state index in [4.69, 9.17) is 17.0 Å². The number of benzene rings is 2. The van der Waals surface area contributed by atoms with Crippen molar-refractivity contribution in [2.45, 2.75) is 25.7 Å². The molecule has 1 saturated heterocycles. The topological polar surface area (TPSA) is 98.8 Å². The first-order chi connectivity index (χ1) is 15.9. The molecule has 172 valence electrons. The van der Waals surface area contributed by atoms with E-state index in [0.29, 0.717) is 34.3 Å². The van der Waals surface area contributed by atoms with E-state index in [2.05, 4.69) is 5.32 Å². The minimum absolute atomic E-state index is 0.0114. The summed E-state index contributed by atoms with van der Waals surface area (Å²) in [4.78, 5) is 37.9. The van der Waals surface area contributed by atoms with Crippen LogP contribution in [-0.4, -0.2) is 40.7 Å². The molecule has 0 atom stereocenters. The van der Waals surface area contributed by atoms with Gasteiger partial charge < -0.3 is 20.0 Å². The molecule has 0 radical (unpaired) electrons. The predicted molar refractivity (Wildman–Crippen MR) is 131 cm³/mol. The van der Waals surface area contributed by atoms with Crippen LogP contribution in [0.25, 0.3) is 6.08 Å². The maximum Gasteiger partial charge on any atom is 0.266 e. The zero-order valence-electron chi connectivity index (χ0n) is 18.0. The number of thioether (sulfide) groups is 1. The Morgan fingerprint density at radius 3 is 2.61 bits per heavy atom. The molecule has 2 aromatic carbocycles. The van der Waals surface area contributed by atoms with E-state index >= 15 is 0 Å². The second-order valence-electron chi connectivity index (χ2n) is 7.33. The van der Waals surface area contributed by atoms with Crippen LogP contribution in [0.4, 0.5) is 5.69 Å². The number of aromatic carboxylic acids is 1. The summed E-state index contributed by atoms with van der Waals surface area (Å²) in [5.41, 5.74) is 1.33. The number of carboxylic acids is 1. The molecule has 1 aliphatic heterocycles. The quantitative estimate of drug-likeness (QED) is 0.314. The fraction of sp³-hybridized carbons (Fsp3) is 0.250. The lowest BCUT2D eigenvalue weighted by Crippen LogP contribution is -2.29. The minimum atomic E-state index is -1.29. The van der Waals surface area contributed by atoms with Crippen LogP contribution in [-0.2, 0) is 9.59 Å². The molecular weight excluding hydrogens is 460 g/mol. The fourth-order valence-electron chi connectivity index (χ4n) is 3.22. The number of rotatable bonds is 10.